The summed E-state index contributed by atoms with van der Waals surface area (Å²) >= 11 is 0. The van der Waals surface area contributed by atoms with E-state index >= 15 is 0 Å². The first-order valence-corrected chi connectivity index (χ1v) is 8.97. The van der Waals surface area contributed by atoms with Gasteiger partial charge in [0.15, 0.2) is 0 Å². The predicted octanol–water partition coefficient (Wildman–Crippen LogP) is 5.65. The molecule has 0 spiro atoms. The molecule has 0 fully saturated rings. The minimum absolute atomic E-state index is 0.167. The molecule has 2 heteroatoms. The molecule has 0 radical (unpaired) electrons. The Morgan fingerprint density at radius 3 is 2.04 bits per heavy atom. The van der Waals surface area contributed by atoms with Crippen LogP contribution in [0.2, 0.25) is 0 Å². The minimum Gasteiger partial charge on any atom is -0.379 e. The molecule has 0 amide bonds. The second-order valence-electron chi connectivity index (χ2n) is 6.27. The molecular weight excluding hydrogens is 308 g/mol. The van der Waals surface area contributed by atoms with Gasteiger partial charge >= 0.3 is 0 Å². The van der Waals surface area contributed by atoms with Crippen molar-refractivity contribution in [2.75, 3.05) is 20.3 Å². The maximum atomic E-state index is 5.38. The summed E-state index contributed by atoms with van der Waals surface area (Å²) in [6, 6.07) is 20.9. The molecule has 0 aromatic heterocycles. The maximum Gasteiger partial charge on any atom is 0.0808 e. The number of hydrogen-bond acceptors (Lipinski definition) is 2. The largest absolute Gasteiger partial charge is 0.379 e. The van der Waals surface area contributed by atoms with Crippen LogP contribution in [-0.4, -0.2) is 26.4 Å². The first-order valence-electron chi connectivity index (χ1n) is 8.97. The lowest BCUT2D eigenvalue weighted by Gasteiger charge is -2.14. The van der Waals surface area contributed by atoms with Crippen LogP contribution in [0.5, 0.6) is 0 Å². The summed E-state index contributed by atoms with van der Waals surface area (Å²) < 4.78 is 10.7. The predicted molar refractivity (Wildman–Crippen MR) is 107 cm³/mol. The lowest BCUT2D eigenvalue weighted by molar-refractivity contribution is 0.0133. The van der Waals surface area contributed by atoms with Gasteiger partial charge in [0.1, 0.15) is 0 Å². The minimum atomic E-state index is 0.167. The molecule has 0 saturated heterocycles. The van der Waals surface area contributed by atoms with Crippen LogP contribution in [0.15, 0.2) is 73.3 Å². The summed E-state index contributed by atoms with van der Waals surface area (Å²) in [7, 11) is 1.73. The molecule has 0 aliphatic heterocycles. The van der Waals surface area contributed by atoms with Crippen molar-refractivity contribution in [1.82, 2.24) is 0 Å². The molecule has 2 aromatic rings. The first kappa shape index (κ1) is 21.1. The zero-order chi connectivity index (χ0) is 18.3. The van der Waals surface area contributed by atoms with E-state index in [4.69, 9.17) is 9.47 Å². The molecule has 2 rings (SSSR count). The average molecular weight is 341 g/mol. The summed E-state index contributed by atoms with van der Waals surface area (Å²) in [5, 5.41) is 0. The second-order valence-corrected chi connectivity index (χ2v) is 6.27. The average Bonchev–Trinajstić information content (AvgIpc) is 2.66. The topological polar surface area (TPSA) is 18.5 Å². The van der Waals surface area contributed by atoms with Gasteiger partial charge in [-0.05, 0) is 29.9 Å². The van der Waals surface area contributed by atoms with Crippen molar-refractivity contribution in [3.05, 3.63) is 84.4 Å². The highest BCUT2D eigenvalue weighted by atomic mass is 16.5. The van der Waals surface area contributed by atoms with E-state index in [1.54, 1.807) is 13.2 Å². The van der Waals surface area contributed by atoms with Crippen LogP contribution < -0.4 is 0 Å². The molecular formula is C23H32O2. The van der Waals surface area contributed by atoms with E-state index in [2.05, 4.69) is 69.0 Å². The van der Waals surface area contributed by atoms with Gasteiger partial charge in [0.05, 0.1) is 19.3 Å². The zero-order valence-electron chi connectivity index (χ0n) is 15.9. The van der Waals surface area contributed by atoms with Crippen LogP contribution in [0, 0.1) is 0 Å². The summed E-state index contributed by atoms with van der Waals surface area (Å²) in [6.07, 6.45) is 3.93. The quantitative estimate of drug-likeness (QED) is 0.434. The van der Waals surface area contributed by atoms with Crippen molar-refractivity contribution in [2.24, 2.45) is 0 Å². The van der Waals surface area contributed by atoms with Crippen LogP contribution in [0.1, 0.15) is 37.3 Å². The maximum absolute atomic E-state index is 5.38. The van der Waals surface area contributed by atoms with E-state index in [0.29, 0.717) is 19.1 Å². The van der Waals surface area contributed by atoms with Gasteiger partial charge in [0.2, 0.25) is 0 Å². The highest BCUT2D eigenvalue weighted by molar-refractivity contribution is 5.17. The van der Waals surface area contributed by atoms with Gasteiger partial charge in [0, 0.05) is 7.11 Å². The molecule has 0 saturated carbocycles. The number of hydrogen-bond donors (Lipinski definition) is 0. The lowest BCUT2D eigenvalue weighted by Crippen LogP contribution is -2.19. The SMILES string of the molecule is C=CCOCC(CCc1ccccc1)OC.CC(C)c1ccccc1. The third-order valence-electron chi connectivity index (χ3n) is 3.94. The van der Waals surface area contributed by atoms with Gasteiger partial charge in [-0.15, -0.1) is 6.58 Å². The fraction of sp³-hybridized carbons (Fsp3) is 0.391. The molecule has 1 atom stereocenters. The zero-order valence-corrected chi connectivity index (χ0v) is 15.9. The molecule has 0 aliphatic carbocycles. The van der Waals surface area contributed by atoms with E-state index in [1.807, 2.05) is 12.1 Å². The van der Waals surface area contributed by atoms with E-state index < -0.39 is 0 Å². The molecule has 1 unspecified atom stereocenters. The van der Waals surface area contributed by atoms with Crippen molar-refractivity contribution in [1.29, 1.82) is 0 Å². The monoisotopic (exact) mass is 340 g/mol. The fourth-order valence-electron chi connectivity index (χ4n) is 2.36. The van der Waals surface area contributed by atoms with Gasteiger partial charge in [-0.2, -0.15) is 0 Å². The Kier molecular flexibility index (Phi) is 11.3. The third kappa shape index (κ3) is 9.85. The number of methoxy groups -OCH3 is 1. The number of ether oxygens (including phenoxy) is 2. The Bertz CT molecular complexity index is 549. The first-order chi connectivity index (χ1) is 12.2. The molecule has 25 heavy (non-hydrogen) atoms. The van der Waals surface area contributed by atoms with Crippen LogP contribution in [0.4, 0.5) is 0 Å². The van der Waals surface area contributed by atoms with E-state index in [9.17, 15) is 0 Å². The Labute approximate surface area is 153 Å². The third-order valence-corrected chi connectivity index (χ3v) is 3.94. The second kappa shape index (κ2) is 13.4. The summed E-state index contributed by atoms with van der Waals surface area (Å²) in [5.41, 5.74) is 2.76. The van der Waals surface area contributed by atoms with Gasteiger partial charge in [-0.1, -0.05) is 80.6 Å². The van der Waals surface area contributed by atoms with E-state index in [0.717, 1.165) is 12.8 Å². The van der Waals surface area contributed by atoms with Crippen LogP contribution in [0.3, 0.4) is 0 Å². The Morgan fingerprint density at radius 1 is 0.960 bits per heavy atom. The molecule has 2 aromatic carbocycles. The van der Waals surface area contributed by atoms with Crippen LogP contribution in [-0.2, 0) is 15.9 Å². The smallest absolute Gasteiger partial charge is 0.0808 e. The molecule has 0 N–H and O–H groups in total. The normalized spacial score (nSPS) is 11.5. The summed E-state index contributed by atoms with van der Waals surface area (Å²) in [4.78, 5) is 0. The lowest BCUT2D eigenvalue weighted by atomic mass is 10.0. The number of aryl methyl sites for hydroxylation is 1. The van der Waals surface area contributed by atoms with Gasteiger partial charge in [-0.3, -0.25) is 0 Å². The van der Waals surface area contributed by atoms with Crippen molar-refractivity contribution in [3.63, 3.8) is 0 Å². The van der Waals surface area contributed by atoms with Gasteiger partial charge in [0.25, 0.3) is 0 Å². The Balaban J connectivity index is 0.000000293. The summed E-state index contributed by atoms with van der Waals surface area (Å²) in [5.74, 6) is 0.659. The number of benzene rings is 2. The van der Waals surface area contributed by atoms with Crippen molar-refractivity contribution >= 4 is 0 Å². The van der Waals surface area contributed by atoms with Gasteiger partial charge in [-0.25, -0.2) is 0 Å². The van der Waals surface area contributed by atoms with E-state index in [-0.39, 0.29) is 6.10 Å². The molecule has 0 heterocycles. The molecule has 2 nitrogen and oxygen atoms in total. The van der Waals surface area contributed by atoms with Gasteiger partial charge < -0.3 is 9.47 Å². The molecule has 0 bridgehead atoms. The molecule has 0 aliphatic rings. The number of rotatable bonds is 9. The highest BCUT2D eigenvalue weighted by Gasteiger charge is 2.07. The van der Waals surface area contributed by atoms with Crippen molar-refractivity contribution in [2.45, 2.75) is 38.7 Å². The standard InChI is InChI=1S/C14H20O2.C9H12/c1-3-11-16-12-14(15-2)10-9-13-7-5-4-6-8-13;1-8(2)9-6-4-3-5-7-9/h3-8,14H,1,9-12H2,2H3;3-8H,1-2H3. The Morgan fingerprint density at radius 2 is 1.56 bits per heavy atom. The van der Waals surface area contributed by atoms with E-state index in [1.165, 1.54) is 11.1 Å². The summed E-state index contributed by atoms with van der Waals surface area (Å²) in [6.45, 7) is 9.24. The van der Waals surface area contributed by atoms with Crippen molar-refractivity contribution in [3.8, 4) is 0 Å². The van der Waals surface area contributed by atoms with Crippen LogP contribution >= 0.6 is 0 Å². The molecule has 136 valence electrons. The highest BCUT2D eigenvalue weighted by Crippen LogP contribution is 2.11. The fourth-order valence-corrected chi connectivity index (χ4v) is 2.36. The Hall–Kier alpha value is -1.90. The van der Waals surface area contributed by atoms with Crippen molar-refractivity contribution < 1.29 is 9.47 Å². The van der Waals surface area contributed by atoms with Crippen LogP contribution in [0.25, 0.3) is 0 Å².